The number of nitrogens with one attached hydrogen (secondary N) is 1. The molecule has 0 radical (unpaired) electrons. The number of hydrogen-bond acceptors (Lipinski definition) is 3. The van der Waals surface area contributed by atoms with Crippen LogP contribution in [-0.2, 0) is 6.54 Å². The third-order valence-corrected chi connectivity index (χ3v) is 1.76. The van der Waals surface area contributed by atoms with Crippen LogP contribution in [-0.4, -0.2) is 21.9 Å². The van der Waals surface area contributed by atoms with Gasteiger partial charge >= 0.3 is 0 Å². The predicted octanol–water partition coefficient (Wildman–Crippen LogP) is 0.631. The molecule has 0 atom stereocenters. The number of nitrogens with zero attached hydrogens (tertiary/aromatic N) is 2. The Morgan fingerprint density at radius 3 is 2.79 bits per heavy atom. The van der Waals surface area contributed by atoms with E-state index in [1.807, 2.05) is 0 Å². The standard InChI is InChI=1S/C10H17N3O/c1-10(2,3)11-7-8-13-9(14)5-4-6-12-13/h4-6,11H,7-8H2,1-3H3. The first-order valence-electron chi connectivity index (χ1n) is 4.76. The zero-order valence-corrected chi connectivity index (χ0v) is 8.95. The molecular weight excluding hydrogens is 178 g/mol. The van der Waals surface area contributed by atoms with Gasteiger partial charge in [0.2, 0.25) is 0 Å². The molecule has 0 unspecified atom stereocenters. The molecule has 78 valence electrons. The molecule has 1 aromatic rings. The molecular formula is C10H17N3O. The molecule has 1 aromatic heterocycles. The van der Waals surface area contributed by atoms with Gasteiger partial charge in [0.05, 0.1) is 6.54 Å². The number of aromatic nitrogens is 2. The van der Waals surface area contributed by atoms with Crippen molar-refractivity contribution < 1.29 is 0 Å². The quantitative estimate of drug-likeness (QED) is 0.769. The second-order valence-corrected chi connectivity index (χ2v) is 4.26. The second kappa shape index (κ2) is 4.37. The molecule has 0 saturated carbocycles. The molecule has 4 nitrogen and oxygen atoms in total. The third-order valence-electron chi connectivity index (χ3n) is 1.76. The zero-order valence-electron chi connectivity index (χ0n) is 8.95. The molecule has 0 amide bonds. The highest BCUT2D eigenvalue weighted by Crippen LogP contribution is 1.96. The maximum atomic E-state index is 11.2. The van der Waals surface area contributed by atoms with Crippen molar-refractivity contribution in [3.63, 3.8) is 0 Å². The van der Waals surface area contributed by atoms with Gasteiger partial charge in [-0.25, -0.2) is 4.68 Å². The molecule has 1 rings (SSSR count). The van der Waals surface area contributed by atoms with E-state index < -0.39 is 0 Å². The van der Waals surface area contributed by atoms with E-state index in [1.54, 1.807) is 12.3 Å². The van der Waals surface area contributed by atoms with Crippen molar-refractivity contribution in [2.45, 2.75) is 32.9 Å². The van der Waals surface area contributed by atoms with Crippen LogP contribution in [0.15, 0.2) is 23.1 Å². The fourth-order valence-corrected chi connectivity index (χ4v) is 1.09. The van der Waals surface area contributed by atoms with Gasteiger partial charge in [0, 0.05) is 24.3 Å². The highest BCUT2D eigenvalue weighted by atomic mass is 16.1. The fraction of sp³-hybridized carbons (Fsp3) is 0.600. The molecule has 0 aliphatic carbocycles. The molecule has 1 N–H and O–H groups in total. The van der Waals surface area contributed by atoms with Crippen molar-refractivity contribution >= 4 is 0 Å². The van der Waals surface area contributed by atoms with Crippen LogP contribution in [0.4, 0.5) is 0 Å². The molecule has 0 saturated heterocycles. The summed E-state index contributed by atoms with van der Waals surface area (Å²) in [5.41, 5.74) is 0.0292. The minimum Gasteiger partial charge on any atom is -0.310 e. The SMILES string of the molecule is CC(C)(C)NCCn1ncccc1=O. The fourth-order valence-electron chi connectivity index (χ4n) is 1.09. The van der Waals surface area contributed by atoms with Crippen molar-refractivity contribution in [2.24, 2.45) is 0 Å². The van der Waals surface area contributed by atoms with Crippen LogP contribution >= 0.6 is 0 Å². The van der Waals surface area contributed by atoms with E-state index >= 15 is 0 Å². The van der Waals surface area contributed by atoms with Crippen LogP contribution in [0.1, 0.15) is 20.8 Å². The number of hydrogen-bond donors (Lipinski definition) is 1. The van der Waals surface area contributed by atoms with E-state index in [2.05, 4.69) is 31.2 Å². The van der Waals surface area contributed by atoms with Crippen molar-refractivity contribution in [3.05, 3.63) is 28.7 Å². The van der Waals surface area contributed by atoms with Gasteiger partial charge in [-0.2, -0.15) is 5.10 Å². The van der Waals surface area contributed by atoms with Crippen LogP contribution < -0.4 is 10.9 Å². The largest absolute Gasteiger partial charge is 0.310 e. The van der Waals surface area contributed by atoms with Gasteiger partial charge in [-0.3, -0.25) is 4.79 Å². The first-order valence-corrected chi connectivity index (χ1v) is 4.76. The average molecular weight is 195 g/mol. The second-order valence-electron chi connectivity index (χ2n) is 4.26. The summed E-state index contributed by atoms with van der Waals surface area (Å²) in [6, 6.07) is 3.17. The Morgan fingerprint density at radius 2 is 2.21 bits per heavy atom. The summed E-state index contributed by atoms with van der Waals surface area (Å²) in [6.07, 6.45) is 1.62. The van der Waals surface area contributed by atoms with E-state index in [0.29, 0.717) is 6.54 Å². The lowest BCUT2D eigenvalue weighted by Gasteiger charge is -2.20. The first-order chi connectivity index (χ1) is 6.49. The zero-order chi connectivity index (χ0) is 10.6. The van der Waals surface area contributed by atoms with Crippen LogP contribution in [0.3, 0.4) is 0 Å². The van der Waals surface area contributed by atoms with Crippen LogP contribution in [0.25, 0.3) is 0 Å². The molecule has 0 aliphatic rings. The van der Waals surface area contributed by atoms with Crippen LogP contribution in [0.5, 0.6) is 0 Å². The van der Waals surface area contributed by atoms with Gasteiger partial charge in [0.1, 0.15) is 0 Å². The van der Waals surface area contributed by atoms with Crippen molar-refractivity contribution in [3.8, 4) is 0 Å². The Bertz CT molecular complexity index is 338. The van der Waals surface area contributed by atoms with E-state index in [1.165, 1.54) is 10.7 Å². The molecule has 0 bridgehead atoms. The highest BCUT2D eigenvalue weighted by molar-refractivity contribution is 4.84. The van der Waals surface area contributed by atoms with Gasteiger partial charge in [0.25, 0.3) is 5.56 Å². The summed E-state index contributed by atoms with van der Waals surface area (Å²) in [5.74, 6) is 0. The summed E-state index contributed by atoms with van der Waals surface area (Å²) < 4.78 is 1.46. The molecule has 0 fully saturated rings. The molecule has 0 aliphatic heterocycles. The number of rotatable bonds is 3. The smallest absolute Gasteiger partial charge is 0.266 e. The molecule has 1 heterocycles. The minimum atomic E-state index is -0.0526. The Labute approximate surface area is 84.0 Å². The van der Waals surface area contributed by atoms with Crippen molar-refractivity contribution in [1.82, 2.24) is 15.1 Å². The van der Waals surface area contributed by atoms with Gasteiger partial charge in [-0.15, -0.1) is 0 Å². The maximum absolute atomic E-state index is 11.2. The van der Waals surface area contributed by atoms with Gasteiger partial charge in [0.15, 0.2) is 0 Å². The topological polar surface area (TPSA) is 46.9 Å². The summed E-state index contributed by atoms with van der Waals surface area (Å²) in [5, 5.41) is 7.26. The van der Waals surface area contributed by atoms with Crippen molar-refractivity contribution in [2.75, 3.05) is 6.54 Å². The first kappa shape index (κ1) is 10.9. The maximum Gasteiger partial charge on any atom is 0.266 e. The molecule has 0 aromatic carbocycles. The minimum absolute atomic E-state index is 0.0526. The van der Waals surface area contributed by atoms with Crippen molar-refractivity contribution in [1.29, 1.82) is 0 Å². The normalized spacial score (nSPS) is 11.6. The monoisotopic (exact) mass is 195 g/mol. The molecule has 4 heteroatoms. The lowest BCUT2D eigenvalue weighted by Crippen LogP contribution is -2.39. The Balaban J connectivity index is 2.47. The van der Waals surface area contributed by atoms with E-state index in [0.717, 1.165) is 6.54 Å². The average Bonchev–Trinajstić information content (AvgIpc) is 2.06. The third kappa shape index (κ3) is 3.70. The van der Waals surface area contributed by atoms with E-state index in [4.69, 9.17) is 0 Å². The van der Waals surface area contributed by atoms with Crippen LogP contribution in [0, 0.1) is 0 Å². The van der Waals surface area contributed by atoms with Gasteiger partial charge in [-0.1, -0.05) is 0 Å². The molecule has 0 spiro atoms. The molecule has 14 heavy (non-hydrogen) atoms. The van der Waals surface area contributed by atoms with E-state index in [9.17, 15) is 4.79 Å². The summed E-state index contributed by atoms with van der Waals surface area (Å²) in [4.78, 5) is 11.2. The lowest BCUT2D eigenvalue weighted by atomic mass is 10.1. The van der Waals surface area contributed by atoms with Crippen LogP contribution in [0.2, 0.25) is 0 Å². The summed E-state index contributed by atoms with van der Waals surface area (Å²) in [7, 11) is 0. The van der Waals surface area contributed by atoms with E-state index in [-0.39, 0.29) is 11.1 Å². The Morgan fingerprint density at radius 1 is 1.50 bits per heavy atom. The summed E-state index contributed by atoms with van der Waals surface area (Å²) >= 11 is 0. The Kier molecular flexibility index (Phi) is 3.41. The lowest BCUT2D eigenvalue weighted by molar-refractivity contribution is 0.401. The summed E-state index contributed by atoms with van der Waals surface area (Å²) in [6.45, 7) is 7.63. The highest BCUT2D eigenvalue weighted by Gasteiger charge is 2.07. The van der Waals surface area contributed by atoms with Gasteiger partial charge < -0.3 is 5.32 Å². The Hall–Kier alpha value is -1.16. The van der Waals surface area contributed by atoms with Gasteiger partial charge in [-0.05, 0) is 26.8 Å². The predicted molar refractivity (Wildman–Crippen MR) is 56.3 cm³/mol.